The molecule has 0 bridgehead atoms. The average molecular weight is 288 g/mol. The molecule has 0 aliphatic heterocycles. The fourth-order valence-electron chi connectivity index (χ4n) is 2.04. The van der Waals surface area contributed by atoms with Crippen molar-refractivity contribution in [2.75, 3.05) is 6.54 Å². The van der Waals surface area contributed by atoms with Gasteiger partial charge in [-0.05, 0) is 29.2 Å². The topological polar surface area (TPSA) is 29.1 Å². The first-order valence-corrected chi connectivity index (χ1v) is 7.09. The van der Waals surface area contributed by atoms with Crippen LogP contribution in [0.5, 0.6) is 0 Å². The van der Waals surface area contributed by atoms with Crippen LogP contribution in [0.3, 0.4) is 0 Å². The lowest BCUT2D eigenvalue weighted by Crippen LogP contribution is -2.28. The van der Waals surface area contributed by atoms with Crippen LogP contribution in [0.25, 0.3) is 0 Å². The molecule has 0 aliphatic rings. The third-order valence-corrected chi connectivity index (χ3v) is 3.47. The Morgan fingerprint density at radius 2 is 1.90 bits per heavy atom. The first-order chi connectivity index (χ1) is 9.65. The van der Waals surface area contributed by atoms with Gasteiger partial charge in [-0.3, -0.25) is 4.79 Å². The minimum atomic E-state index is 0.0464. The molecule has 3 heteroatoms. The fraction of sp³-hybridized carbons (Fsp3) is 0.235. The minimum absolute atomic E-state index is 0.0464. The van der Waals surface area contributed by atoms with Crippen LogP contribution in [-0.4, -0.2) is 12.5 Å². The number of carbonyl (C=O) groups is 1. The monoisotopic (exact) mass is 287 g/mol. The molecule has 1 atom stereocenters. The van der Waals surface area contributed by atoms with Gasteiger partial charge < -0.3 is 5.32 Å². The second-order valence-electron chi connectivity index (χ2n) is 4.92. The average Bonchev–Trinajstić information content (AvgIpc) is 2.46. The highest BCUT2D eigenvalue weighted by molar-refractivity contribution is 6.30. The van der Waals surface area contributed by atoms with E-state index >= 15 is 0 Å². The lowest BCUT2D eigenvalue weighted by atomic mass is 10.0. The summed E-state index contributed by atoms with van der Waals surface area (Å²) < 4.78 is 0. The van der Waals surface area contributed by atoms with E-state index in [2.05, 4.69) is 12.2 Å². The van der Waals surface area contributed by atoms with Gasteiger partial charge >= 0.3 is 0 Å². The van der Waals surface area contributed by atoms with Crippen molar-refractivity contribution in [2.45, 2.75) is 19.3 Å². The predicted molar refractivity (Wildman–Crippen MR) is 83.0 cm³/mol. The van der Waals surface area contributed by atoms with Crippen LogP contribution in [0.2, 0.25) is 5.02 Å². The molecular weight excluding hydrogens is 270 g/mol. The van der Waals surface area contributed by atoms with Crippen LogP contribution in [0.15, 0.2) is 54.6 Å². The van der Waals surface area contributed by atoms with Crippen molar-refractivity contribution in [3.63, 3.8) is 0 Å². The number of rotatable bonds is 5. The lowest BCUT2D eigenvalue weighted by molar-refractivity contribution is -0.120. The summed E-state index contributed by atoms with van der Waals surface area (Å²) in [5.74, 6) is 0.290. The maximum Gasteiger partial charge on any atom is 0.224 e. The van der Waals surface area contributed by atoms with E-state index in [4.69, 9.17) is 11.6 Å². The molecule has 1 N–H and O–H groups in total. The molecule has 0 spiro atoms. The Kier molecular flexibility index (Phi) is 5.19. The Balaban J connectivity index is 1.84. The van der Waals surface area contributed by atoms with E-state index in [1.807, 2.05) is 54.6 Å². The van der Waals surface area contributed by atoms with Crippen LogP contribution in [0, 0.1) is 0 Å². The third-order valence-electron chi connectivity index (χ3n) is 3.23. The molecule has 0 saturated carbocycles. The molecule has 0 saturated heterocycles. The number of halogens is 1. The third kappa shape index (κ3) is 4.39. The minimum Gasteiger partial charge on any atom is -0.355 e. The first kappa shape index (κ1) is 14.6. The molecular formula is C17H18ClNO. The van der Waals surface area contributed by atoms with Gasteiger partial charge in [0.05, 0.1) is 6.42 Å². The first-order valence-electron chi connectivity index (χ1n) is 6.71. The predicted octanol–water partition coefficient (Wildman–Crippen LogP) is 3.80. The smallest absolute Gasteiger partial charge is 0.224 e. The standard InChI is InChI=1S/C17H18ClNO/c1-13(15-8-5-9-16(18)11-15)12-19-17(20)10-14-6-3-2-4-7-14/h2-9,11,13H,10,12H2,1H3,(H,19,20)/t13-/m0/s1. The van der Waals surface area contributed by atoms with E-state index in [-0.39, 0.29) is 11.8 Å². The van der Waals surface area contributed by atoms with Crippen molar-refractivity contribution in [3.8, 4) is 0 Å². The summed E-state index contributed by atoms with van der Waals surface area (Å²) >= 11 is 5.97. The van der Waals surface area contributed by atoms with Crippen LogP contribution in [0.1, 0.15) is 24.0 Å². The van der Waals surface area contributed by atoms with E-state index in [1.165, 1.54) is 0 Å². The summed E-state index contributed by atoms with van der Waals surface area (Å²) in [7, 11) is 0. The number of benzene rings is 2. The van der Waals surface area contributed by atoms with Gasteiger partial charge in [-0.15, -0.1) is 0 Å². The Morgan fingerprint density at radius 3 is 2.60 bits per heavy atom. The zero-order valence-corrected chi connectivity index (χ0v) is 12.2. The van der Waals surface area contributed by atoms with Gasteiger partial charge in [-0.25, -0.2) is 0 Å². The van der Waals surface area contributed by atoms with Crippen molar-refractivity contribution >= 4 is 17.5 Å². The van der Waals surface area contributed by atoms with E-state index in [0.717, 1.165) is 16.1 Å². The Labute approximate surface area is 124 Å². The normalized spacial score (nSPS) is 11.9. The van der Waals surface area contributed by atoms with Gasteiger partial charge in [0, 0.05) is 11.6 Å². The van der Waals surface area contributed by atoms with Gasteiger partial charge in [0.15, 0.2) is 0 Å². The van der Waals surface area contributed by atoms with Gasteiger partial charge in [0.2, 0.25) is 5.91 Å². The van der Waals surface area contributed by atoms with Crippen molar-refractivity contribution in [2.24, 2.45) is 0 Å². The molecule has 104 valence electrons. The zero-order chi connectivity index (χ0) is 14.4. The lowest BCUT2D eigenvalue weighted by Gasteiger charge is -2.13. The van der Waals surface area contributed by atoms with E-state index in [0.29, 0.717) is 13.0 Å². The second-order valence-corrected chi connectivity index (χ2v) is 5.36. The number of carbonyl (C=O) groups excluding carboxylic acids is 1. The highest BCUT2D eigenvalue weighted by Gasteiger charge is 2.08. The van der Waals surface area contributed by atoms with E-state index in [1.54, 1.807) is 0 Å². The summed E-state index contributed by atoms with van der Waals surface area (Å²) in [6, 6.07) is 17.5. The van der Waals surface area contributed by atoms with Crippen molar-refractivity contribution in [3.05, 3.63) is 70.7 Å². The summed E-state index contributed by atoms with van der Waals surface area (Å²) in [5.41, 5.74) is 2.16. The van der Waals surface area contributed by atoms with Gasteiger partial charge in [0.25, 0.3) is 0 Å². The molecule has 0 fully saturated rings. The highest BCUT2D eigenvalue weighted by atomic mass is 35.5. The van der Waals surface area contributed by atoms with Crippen LogP contribution >= 0.6 is 11.6 Å². The molecule has 0 heterocycles. The molecule has 0 radical (unpaired) electrons. The van der Waals surface area contributed by atoms with Crippen molar-refractivity contribution < 1.29 is 4.79 Å². The fourth-order valence-corrected chi connectivity index (χ4v) is 2.24. The molecule has 20 heavy (non-hydrogen) atoms. The van der Waals surface area contributed by atoms with Gasteiger partial charge in [-0.2, -0.15) is 0 Å². The second kappa shape index (κ2) is 7.11. The molecule has 0 aliphatic carbocycles. The quantitative estimate of drug-likeness (QED) is 0.890. The zero-order valence-electron chi connectivity index (χ0n) is 11.5. The summed E-state index contributed by atoms with van der Waals surface area (Å²) in [6.07, 6.45) is 0.420. The summed E-state index contributed by atoms with van der Waals surface area (Å²) in [6.45, 7) is 2.69. The maximum absolute atomic E-state index is 11.9. The highest BCUT2D eigenvalue weighted by Crippen LogP contribution is 2.18. The molecule has 2 rings (SSSR count). The molecule has 1 amide bonds. The molecule has 0 aromatic heterocycles. The SMILES string of the molecule is C[C@@H](CNC(=O)Cc1ccccc1)c1cccc(Cl)c1. The number of hydrogen-bond acceptors (Lipinski definition) is 1. The Morgan fingerprint density at radius 1 is 1.15 bits per heavy atom. The van der Waals surface area contributed by atoms with E-state index < -0.39 is 0 Å². The summed E-state index contributed by atoms with van der Waals surface area (Å²) in [4.78, 5) is 11.9. The van der Waals surface area contributed by atoms with Gasteiger partial charge in [-0.1, -0.05) is 61.0 Å². The molecule has 2 nitrogen and oxygen atoms in total. The molecule has 0 unspecified atom stereocenters. The van der Waals surface area contributed by atoms with E-state index in [9.17, 15) is 4.79 Å². The number of amides is 1. The largest absolute Gasteiger partial charge is 0.355 e. The van der Waals surface area contributed by atoms with Crippen LogP contribution in [-0.2, 0) is 11.2 Å². The van der Waals surface area contributed by atoms with Crippen molar-refractivity contribution in [1.82, 2.24) is 5.32 Å². The Bertz CT molecular complexity index is 568. The molecule has 2 aromatic carbocycles. The summed E-state index contributed by atoms with van der Waals surface area (Å²) in [5, 5.41) is 3.69. The Hall–Kier alpha value is -1.80. The molecule has 2 aromatic rings. The number of nitrogens with one attached hydrogen (secondary N) is 1. The van der Waals surface area contributed by atoms with Crippen molar-refractivity contribution in [1.29, 1.82) is 0 Å². The van der Waals surface area contributed by atoms with Crippen LogP contribution in [0.4, 0.5) is 0 Å². The van der Waals surface area contributed by atoms with Gasteiger partial charge in [0.1, 0.15) is 0 Å². The maximum atomic E-state index is 11.9. The van der Waals surface area contributed by atoms with Crippen LogP contribution < -0.4 is 5.32 Å². The number of hydrogen-bond donors (Lipinski definition) is 1.